The summed E-state index contributed by atoms with van der Waals surface area (Å²) >= 11 is 0. The first-order chi connectivity index (χ1) is 10.4. The number of halogens is 3. The molecule has 1 atom stereocenters. The van der Waals surface area contributed by atoms with Gasteiger partial charge in [0, 0.05) is 5.69 Å². The smallest absolute Gasteiger partial charge is 0.490 e. The van der Waals surface area contributed by atoms with Gasteiger partial charge in [0.15, 0.2) is 0 Å². The number of ether oxygens (including phenoxy) is 1. The normalized spacial score (nSPS) is 12.5. The Morgan fingerprint density at radius 3 is 2.14 bits per heavy atom. The number of methoxy groups -OCH3 is 1. The molecular formula is C14H13F3N2O2S. The van der Waals surface area contributed by atoms with Crippen LogP contribution in [0.2, 0.25) is 0 Å². The lowest BCUT2D eigenvalue weighted by molar-refractivity contribution is -0.0379. The van der Waals surface area contributed by atoms with E-state index in [1.54, 1.807) is 42.5 Å². The number of anilines is 3. The molecular weight excluding hydrogens is 317 g/mol. The molecule has 118 valence electrons. The van der Waals surface area contributed by atoms with Gasteiger partial charge in [0.05, 0.1) is 18.5 Å². The topological polar surface area (TPSA) is 50.4 Å². The number of nitrogens with one attached hydrogen (secondary N) is 2. The van der Waals surface area contributed by atoms with E-state index in [9.17, 15) is 17.4 Å². The first-order valence-electron chi connectivity index (χ1n) is 6.15. The van der Waals surface area contributed by atoms with Crippen molar-refractivity contribution in [2.45, 2.75) is 5.51 Å². The van der Waals surface area contributed by atoms with Crippen molar-refractivity contribution < 1.29 is 22.1 Å². The Morgan fingerprint density at radius 2 is 1.59 bits per heavy atom. The summed E-state index contributed by atoms with van der Waals surface area (Å²) in [6.07, 6.45) is 0. The molecule has 0 aliphatic rings. The fourth-order valence-electron chi connectivity index (χ4n) is 1.67. The molecule has 0 aliphatic heterocycles. The lowest BCUT2D eigenvalue weighted by Gasteiger charge is -2.14. The fraction of sp³-hybridized carbons (Fsp3) is 0.143. The zero-order chi connectivity index (χ0) is 16.2. The monoisotopic (exact) mass is 330 g/mol. The third-order valence-corrected chi connectivity index (χ3v) is 3.53. The number of hydrogen-bond donors (Lipinski definition) is 2. The molecule has 2 N–H and O–H groups in total. The lowest BCUT2D eigenvalue weighted by atomic mass is 10.2. The molecule has 2 aromatic rings. The van der Waals surface area contributed by atoms with E-state index in [1.165, 1.54) is 13.2 Å². The van der Waals surface area contributed by atoms with Crippen LogP contribution in [-0.2, 0) is 11.0 Å². The van der Waals surface area contributed by atoms with E-state index < -0.39 is 16.5 Å². The third-order valence-electron chi connectivity index (χ3n) is 2.71. The summed E-state index contributed by atoms with van der Waals surface area (Å²) < 4.78 is 55.3. The van der Waals surface area contributed by atoms with Gasteiger partial charge in [-0.2, -0.15) is 13.2 Å². The Bertz CT molecular complexity index is 660. The molecule has 2 rings (SSSR count). The average Bonchev–Trinajstić information content (AvgIpc) is 2.49. The molecule has 22 heavy (non-hydrogen) atoms. The van der Waals surface area contributed by atoms with Gasteiger partial charge in [0.25, 0.3) is 0 Å². The number of rotatable bonds is 5. The molecule has 8 heteroatoms. The predicted molar refractivity (Wildman–Crippen MR) is 80.5 cm³/mol. The standard InChI is InChI=1S/C14H13F3N2O2S/c1-21-11-8-6-10(7-9-11)18-12-4-2-3-5-13(12)19-22(20)14(15,16)17/h2-9,18-19H,1H3. The van der Waals surface area contributed by atoms with Crippen molar-refractivity contribution in [1.29, 1.82) is 0 Å². The first-order valence-corrected chi connectivity index (χ1v) is 7.30. The summed E-state index contributed by atoms with van der Waals surface area (Å²) in [5.74, 6) is 0.662. The van der Waals surface area contributed by atoms with Crippen LogP contribution in [0, 0.1) is 0 Å². The highest BCUT2D eigenvalue weighted by atomic mass is 32.2. The van der Waals surface area contributed by atoms with Gasteiger partial charge in [0.1, 0.15) is 5.75 Å². The number of benzene rings is 2. The molecule has 4 nitrogen and oxygen atoms in total. The van der Waals surface area contributed by atoms with Gasteiger partial charge in [-0.25, -0.2) is 4.21 Å². The van der Waals surface area contributed by atoms with Crippen LogP contribution in [0.4, 0.5) is 30.2 Å². The summed E-state index contributed by atoms with van der Waals surface area (Å²) in [5, 5.41) is 2.96. The van der Waals surface area contributed by atoms with E-state index in [0.717, 1.165) is 0 Å². The largest absolute Gasteiger partial charge is 0.497 e. The van der Waals surface area contributed by atoms with Crippen LogP contribution in [0.25, 0.3) is 0 Å². The summed E-state index contributed by atoms with van der Waals surface area (Å²) in [6, 6.07) is 13.1. The highest BCUT2D eigenvalue weighted by Gasteiger charge is 2.37. The summed E-state index contributed by atoms with van der Waals surface area (Å²) in [7, 11) is -1.64. The van der Waals surface area contributed by atoms with Crippen LogP contribution in [0.1, 0.15) is 0 Å². The van der Waals surface area contributed by atoms with E-state index in [0.29, 0.717) is 17.1 Å². The van der Waals surface area contributed by atoms with Crippen LogP contribution in [0.15, 0.2) is 48.5 Å². The van der Waals surface area contributed by atoms with Crippen molar-refractivity contribution >= 4 is 28.0 Å². The zero-order valence-electron chi connectivity index (χ0n) is 11.5. The van der Waals surface area contributed by atoms with Crippen LogP contribution < -0.4 is 14.8 Å². The van der Waals surface area contributed by atoms with E-state index in [2.05, 4.69) is 5.32 Å². The van der Waals surface area contributed by atoms with Crippen molar-refractivity contribution in [3.05, 3.63) is 48.5 Å². The molecule has 0 heterocycles. The van der Waals surface area contributed by atoms with Gasteiger partial charge in [-0.3, -0.25) is 4.72 Å². The predicted octanol–water partition coefficient (Wildman–Crippen LogP) is 4.03. The summed E-state index contributed by atoms with van der Waals surface area (Å²) in [5.41, 5.74) is -3.69. The maximum Gasteiger partial charge on any atom is 0.490 e. The molecule has 0 saturated heterocycles. The maximum atomic E-state index is 12.4. The van der Waals surface area contributed by atoms with E-state index >= 15 is 0 Å². The minimum Gasteiger partial charge on any atom is -0.497 e. The summed E-state index contributed by atoms with van der Waals surface area (Å²) in [4.78, 5) is 0. The SMILES string of the molecule is COc1ccc(Nc2ccccc2NS(=O)C(F)(F)F)cc1. The molecule has 0 radical (unpaired) electrons. The van der Waals surface area contributed by atoms with Crippen molar-refractivity contribution in [3.63, 3.8) is 0 Å². The fourth-order valence-corrected chi connectivity index (χ4v) is 2.16. The number of para-hydroxylation sites is 2. The maximum absolute atomic E-state index is 12.4. The molecule has 1 unspecified atom stereocenters. The highest BCUT2D eigenvalue weighted by Crippen LogP contribution is 2.29. The van der Waals surface area contributed by atoms with Crippen molar-refractivity contribution in [1.82, 2.24) is 0 Å². The quantitative estimate of drug-likeness (QED) is 0.870. The average molecular weight is 330 g/mol. The van der Waals surface area contributed by atoms with Crippen molar-refractivity contribution in [2.24, 2.45) is 0 Å². The second-order valence-corrected chi connectivity index (χ2v) is 5.42. The van der Waals surface area contributed by atoms with Crippen LogP contribution in [0.3, 0.4) is 0 Å². The van der Waals surface area contributed by atoms with E-state index in [4.69, 9.17) is 4.74 Å². The molecule has 0 bridgehead atoms. The summed E-state index contributed by atoms with van der Waals surface area (Å²) in [6.45, 7) is 0. The van der Waals surface area contributed by atoms with Crippen molar-refractivity contribution in [2.75, 3.05) is 17.1 Å². The van der Waals surface area contributed by atoms with Gasteiger partial charge in [-0.05, 0) is 36.4 Å². The third kappa shape index (κ3) is 4.14. The van der Waals surface area contributed by atoms with Gasteiger partial charge in [-0.1, -0.05) is 12.1 Å². The molecule has 0 saturated carbocycles. The second-order valence-electron chi connectivity index (χ2n) is 4.22. The minimum absolute atomic E-state index is 0.0916. The Balaban J connectivity index is 2.19. The first kappa shape index (κ1) is 16.2. The molecule has 0 spiro atoms. The molecule has 2 aromatic carbocycles. The number of alkyl halides is 3. The van der Waals surface area contributed by atoms with Gasteiger partial charge in [0.2, 0.25) is 11.0 Å². The van der Waals surface area contributed by atoms with E-state index in [-0.39, 0.29) is 5.69 Å². The van der Waals surface area contributed by atoms with Crippen LogP contribution >= 0.6 is 0 Å². The molecule has 0 amide bonds. The van der Waals surface area contributed by atoms with Gasteiger partial charge in [-0.15, -0.1) is 0 Å². The van der Waals surface area contributed by atoms with Crippen LogP contribution in [0.5, 0.6) is 5.75 Å². The zero-order valence-corrected chi connectivity index (χ0v) is 12.3. The van der Waals surface area contributed by atoms with Crippen molar-refractivity contribution in [3.8, 4) is 5.75 Å². The Hall–Kier alpha value is -2.22. The Labute approximate surface area is 127 Å². The Kier molecular flexibility index (Phi) is 4.92. The highest BCUT2D eigenvalue weighted by molar-refractivity contribution is 7.87. The molecule has 0 aliphatic carbocycles. The minimum atomic E-state index is -4.83. The molecule has 0 aromatic heterocycles. The lowest BCUT2D eigenvalue weighted by Crippen LogP contribution is -2.23. The van der Waals surface area contributed by atoms with Gasteiger partial charge < -0.3 is 10.1 Å². The Morgan fingerprint density at radius 1 is 1.00 bits per heavy atom. The molecule has 0 fully saturated rings. The second kappa shape index (κ2) is 6.69. The van der Waals surface area contributed by atoms with E-state index in [1.807, 2.05) is 4.72 Å². The van der Waals surface area contributed by atoms with Gasteiger partial charge >= 0.3 is 5.51 Å². The van der Waals surface area contributed by atoms with Crippen LogP contribution in [-0.4, -0.2) is 16.8 Å². The number of hydrogen-bond acceptors (Lipinski definition) is 3.